The normalized spacial score (nSPS) is 11.6. The number of nitrogens with two attached hydrogens (primary N) is 1. The first-order valence-corrected chi connectivity index (χ1v) is 3.39. The number of aliphatic hydroxyl groups excluding tert-OH is 1. The van der Waals surface area contributed by atoms with E-state index in [-0.39, 0.29) is 12.4 Å². The second kappa shape index (κ2) is 3.68. The molecule has 3 heteroatoms. The molecule has 60 valence electrons. The molecule has 3 N–H and O–H groups in total. The van der Waals surface area contributed by atoms with Crippen LogP contribution in [-0.2, 0) is 4.79 Å². The van der Waals surface area contributed by atoms with Gasteiger partial charge in [0.2, 0.25) is 0 Å². The van der Waals surface area contributed by atoms with Crippen molar-refractivity contribution in [2.75, 3.05) is 13.2 Å². The van der Waals surface area contributed by atoms with Crippen molar-refractivity contribution in [2.24, 2.45) is 11.1 Å². The number of rotatable bonds is 4. The molecule has 0 radical (unpaired) electrons. The van der Waals surface area contributed by atoms with E-state index in [0.717, 1.165) is 0 Å². The Hall–Kier alpha value is -0.410. The van der Waals surface area contributed by atoms with Gasteiger partial charge in [0.15, 0.2) is 0 Å². The van der Waals surface area contributed by atoms with Crippen LogP contribution in [0.1, 0.15) is 20.3 Å². The summed E-state index contributed by atoms with van der Waals surface area (Å²) in [5, 5.41) is 8.73. The van der Waals surface area contributed by atoms with E-state index in [1.54, 1.807) is 13.8 Å². The molecular weight excluding hydrogens is 130 g/mol. The SMILES string of the molecule is CC(C)(CO)C(=O)CCN. The van der Waals surface area contributed by atoms with E-state index in [0.29, 0.717) is 13.0 Å². The van der Waals surface area contributed by atoms with Gasteiger partial charge in [-0.25, -0.2) is 0 Å². The summed E-state index contributed by atoms with van der Waals surface area (Å²) in [7, 11) is 0. The smallest absolute Gasteiger partial charge is 0.142 e. The van der Waals surface area contributed by atoms with E-state index in [2.05, 4.69) is 0 Å². The van der Waals surface area contributed by atoms with Gasteiger partial charge < -0.3 is 10.8 Å². The molecule has 0 aromatic heterocycles. The Balaban J connectivity index is 3.91. The van der Waals surface area contributed by atoms with Crippen LogP contribution in [0.3, 0.4) is 0 Å². The quantitative estimate of drug-likeness (QED) is 0.581. The average Bonchev–Trinajstić information content (AvgIpc) is 1.89. The first kappa shape index (κ1) is 9.59. The van der Waals surface area contributed by atoms with E-state index in [9.17, 15) is 4.79 Å². The van der Waals surface area contributed by atoms with Crippen LogP contribution < -0.4 is 5.73 Å². The molecule has 0 heterocycles. The van der Waals surface area contributed by atoms with Crippen LogP contribution in [-0.4, -0.2) is 24.0 Å². The van der Waals surface area contributed by atoms with Crippen molar-refractivity contribution in [2.45, 2.75) is 20.3 Å². The van der Waals surface area contributed by atoms with Crippen molar-refractivity contribution >= 4 is 5.78 Å². The van der Waals surface area contributed by atoms with Gasteiger partial charge in [0.25, 0.3) is 0 Å². The van der Waals surface area contributed by atoms with Crippen LogP contribution in [0.4, 0.5) is 0 Å². The number of hydrogen-bond donors (Lipinski definition) is 2. The molecule has 0 saturated carbocycles. The molecule has 3 nitrogen and oxygen atoms in total. The lowest BCUT2D eigenvalue weighted by Gasteiger charge is -2.18. The van der Waals surface area contributed by atoms with Gasteiger partial charge in [-0.15, -0.1) is 0 Å². The zero-order valence-electron chi connectivity index (χ0n) is 6.55. The van der Waals surface area contributed by atoms with Crippen LogP contribution in [0.5, 0.6) is 0 Å². The van der Waals surface area contributed by atoms with Crippen molar-refractivity contribution < 1.29 is 9.90 Å². The molecule has 0 rings (SSSR count). The standard InChI is InChI=1S/C7H15NO2/c1-7(2,5-9)6(10)3-4-8/h9H,3-5,8H2,1-2H3. The van der Waals surface area contributed by atoms with E-state index in [1.807, 2.05) is 0 Å². The van der Waals surface area contributed by atoms with Gasteiger partial charge >= 0.3 is 0 Å². The van der Waals surface area contributed by atoms with Crippen molar-refractivity contribution in [3.63, 3.8) is 0 Å². The summed E-state index contributed by atoms with van der Waals surface area (Å²) in [6.45, 7) is 3.68. The Labute approximate surface area is 61.2 Å². The van der Waals surface area contributed by atoms with E-state index >= 15 is 0 Å². The highest BCUT2D eigenvalue weighted by molar-refractivity contribution is 5.84. The predicted octanol–water partition coefficient (Wildman–Crippen LogP) is -0.0772. The Morgan fingerprint density at radius 2 is 2.10 bits per heavy atom. The van der Waals surface area contributed by atoms with Crippen molar-refractivity contribution in [3.05, 3.63) is 0 Å². The van der Waals surface area contributed by atoms with Gasteiger partial charge in [0.1, 0.15) is 5.78 Å². The zero-order chi connectivity index (χ0) is 8.20. The number of carbonyl (C=O) groups excluding carboxylic acids is 1. The van der Waals surface area contributed by atoms with Crippen LogP contribution in [0.2, 0.25) is 0 Å². The summed E-state index contributed by atoms with van der Waals surface area (Å²) in [5.74, 6) is 0.0255. The minimum Gasteiger partial charge on any atom is -0.395 e. The van der Waals surface area contributed by atoms with Gasteiger partial charge in [-0.3, -0.25) is 4.79 Å². The van der Waals surface area contributed by atoms with E-state index in [4.69, 9.17) is 10.8 Å². The number of ketones is 1. The summed E-state index contributed by atoms with van der Waals surface area (Å²) in [6.07, 6.45) is 0.355. The Kier molecular flexibility index (Phi) is 3.53. The van der Waals surface area contributed by atoms with Crippen LogP contribution >= 0.6 is 0 Å². The number of hydrogen-bond acceptors (Lipinski definition) is 3. The number of Topliss-reactive ketones (excluding diaryl/α,β-unsaturated/α-hetero) is 1. The number of carbonyl (C=O) groups is 1. The first-order valence-electron chi connectivity index (χ1n) is 3.39. The highest BCUT2D eigenvalue weighted by atomic mass is 16.3. The summed E-state index contributed by atoms with van der Waals surface area (Å²) in [5.41, 5.74) is 4.57. The van der Waals surface area contributed by atoms with Gasteiger partial charge in [-0.05, 0) is 6.54 Å². The minimum atomic E-state index is -0.612. The molecule has 0 aromatic rings. The fourth-order valence-electron chi connectivity index (χ4n) is 0.558. The number of aliphatic hydroxyl groups is 1. The van der Waals surface area contributed by atoms with Crippen LogP contribution in [0.25, 0.3) is 0 Å². The highest BCUT2D eigenvalue weighted by Gasteiger charge is 2.24. The molecule has 0 saturated heterocycles. The topological polar surface area (TPSA) is 63.3 Å². The van der Waals surface area contributed by atoms with Crippen molar-refractivity contribution in [1.29, 1.82) is 0 Å². The third kappa shape index (κ3) is 2.45. The van der Waals surface area contributed by atoms with Gasteiger partial charge in [0, 0.05) is 11.8 Å². The second-order valence-corrected chi connectivity index (χ2v) is 3.00. The van der Waals surface area contributed by atoms with E-state index < -0.39 is 5.41 Å². The molecule has 0 spiro atoms. The molecule has 0 unspecified atom stereocenters. The molecule has 0 atom stereocenters. The van der Waals surface area contributed by atoms with Crippen LogP contribution in [0.15, 0.2) is 0 Å². The minimum absolute atomic E-state index is 0.0255. The summed E-state index contributed by atoms with van der Waals surface area (Å²) < 4.78 is 0. The molecule has 0 amide bonds. The van der Waals surface area contributed by atoms with Gasteiger partial charge in [-0.2, -0.15) is 0 Å². The molecule has 0 bridgehead atoms. The zero-order valence-corrected chi connectivity index (χ0v) is 6.55. The molecule has 0 aliphatic rings. The lowest BCUT2D eigenvalue weighted by Crippen LogP contribution is -2.29. The summed E-state index contributed by atoms with van der Waals surface area (Å²) >= 11 is 0. The monoisotopic (exact) mass is 145 g/mol. The molecular formula is C7H15NO2. The Morgan fingerprint density at radius 3 is 2.40 bits per heavy atom. The molecule has 0 aromatic carbocycles. The van der Waals surface area contributed by atoms with Gasteiger partial charge in [0.05, 0.1) is 6.61 Å². The van der Waals surface area contributed by atoms with Crippen LogP contribution in [0, 0.1) is 5.41 Å². The lowest BCUT2D eigenvalue weighted by molar-refractivity contribution is -0.128. The highest BCUT2D eigenvalue weighted by Crippen LogP contribution is 2.16. The fourth-order valence-corrected chi connectivity index (χ4v) is 0.558. The maximum atomic E-state index is 11.1. The molecule has 0 fully saturated rings. The predicted molar refractivity (Wildman–Crippen MR) is 39.5 cm³/mol. The third-order valence-electron chi connectivity index (χ3n) is 1.52. The molecule has 10 heavy (non-hydrogen) atoms. The van der Waals surface area contributed by atoms with Gasteiger partial charge in [-0.1, -0.05) is 13.8 Å². The molecule has 0 aliphatic heterocycles. The maximum absolute atomic E-state index is 11.1. The Morgan fingerprint density at radius 1 is 1.60 bits per heavy atom. The van der Waals surface area contributed by atoms with Crippen molar-refractivity contribution in [1.82, 2.24) is 0 Å². The second-order valence-electron chi connectivity index (χ2n) is 3.00. The average molecular weight is 145 g/mol. The lowest BCUT2D eigenvalue weighted by atomic mass is 9.87. The fraction of sp³-hybridized carbons (Fsp3) is 0.857. The molecule has 0 aliphatic carbocycles. The first-order chi connectivity index (χ1) is 4.54. The maximum Gasteiger partial charge on any atom is 0.142 e. The summed E-state index contributed by atoms with van der Waals surface area (Å²) in [6, 6.07) is 0. The van der Waals surface area contributed by atoms with E-state index in [1.165, 1.54) is 0 Å². The van der Waals surface area contributed by atoms with Crippen molar-refractivity contribution in [3.8, 4) is 0 Å². The largest absolute Gasteiger partial charge is 0.395 e. The third-order valence-corrected chi connectivity index (χ3v) is 1.52. The Bertz CT molecular complexity index is 121. The summed E-state index contributed by atoms with van der Waals surface area (Å²) in [4.78, 5) is 11.1.